The smallest absolute Gasteiger partial charge is 0.338 e. The normalized spacial score (nSPS) is 13.3. The molecule has 0 bridgehead atoms. The number of carbonyl (C=O) groups excluding carboxylic acids is 2. The highest BCUT2D eigenvalue weighted by Crippen LogP contribution is 2.27. The van der Waals surface area contributed by atoms with Crippen molar-refractivity contribution >= 4 is 21.9 Å². The average molecular weight is 569 g/mol. The number of morpholine rings is 1. The Kier molecular flexibility index (Phi) is 11.2. The van der Waals surface area contributed by atoms with E-state index in [1.165, 1.54) is 25.3 Å². The molecule has 0 radical (unpaired) electrons. The third kappa shape index (κ3) is 7.91. The van der Waals surface area contributed by atoms with Gasteiger partial charge in [-0.15, -0.1) is 0 Å². The lowest BCUT2D eigenvalue weighted by atomic mass is 10.1. The highest BCUT2D eigenvalue weighted by Gasteiger charge is 2.31. The van der Waals surface area contributed by atoms with Crippen LogP contribution in [0.4, 0.5) is 0 Å². The van der Waals surface area contributed by atoms with Crippen LogP contribution in [0, 0.1) is 6.92 Å². The van der Waals surface area contributed by atoms with E-state index in [9.17, 15) is 18.0 Å². The maximum Gasteiger partial charge on any atom is 0.338 e. The van der Waals surface area contributed by atoms with Crippen LogP contribution >= 0.6 is 0 Å². The molecule has 0 N–H and O–H groups in total. The maximum atomic E-state index is 13.8. The van der Waals surface area contributed by atoms with Crippen LogP contribution in [0.25, 0.3) is 0 Å². The minimum atomic E-state index is -4.11. The van der Waals surface area contributed by atoms with Gasteiger partial charge in [-0.25, -0.2) is 13.2 Å². The fourth-order valence-electron chi connectivity index (χ4n) is 4.04. The number of sulfonamides is 1. The van der Waals surface area contributed by atoms with Gasteiger partial charge in [0, 0.05) is 19.6 Å². The first-order valence-corrected chi connectivity index (χ1v) is 14.6. The number of para-hydroxylation sites is 1. The lowest BCUT2D eigenvalue weighted by molar-refractivity contribution is -0.135. The van der Waals surface area contributed by atoms with Crippen molar-refractivity contribution in [1.29, 1.82) is 0 Å². The highest BCUT2D eigenvalue weighted by molar-refractivity contribution is 7.89. The lowest BCUT2D eigenvalue weighted by Gasteiger charge is -2.30. The van der Waals surface area contributed by atoms with E-state index >= 15 is 0 Å². The summed E-state index contributed by atoms with van der Waals surface area (Å²) in [6.07, 6.45) is 0. The van der Waals surface area contributed by atoms with Crippen molar-refractivity contribution < 1.29 is 32.2 Å². The Morgan fingerprint density at radius 2 is 1.57 bits per heavy atom. The summed E-state index contributed by atoms with van der Waals surface area (Å²) < 4.78 is 44.8. The molecule has 1 saturated heterocycles. The number of nitrogens with zero attached hydrogens (tertiary/aromatic N) is 2. The van der Waals surface area contributed by atoms with E-state index in [1.807, 2.05) is 39.0 Å². The Labute approximate surface area is 236 Å². The molecule has 4 rings (SSSR count). The van der Waals surface area contributed by atoms with Gasteiger partial charge in [0.2, 0.25) is 15.9 Å². The summed E-state index contributed by atoms with van der Waals surface area (Å²) in [4.78, 5) is 27.4. The van der Waals surface area contributed by atoms with E-state index < -0.39 is 22.5 Å². The number of esters is 1. The lowest BCUT2D eigenvalue weighted by Crippen LogP contribution is -2.47. The SMILES string of the molecule is CC.COC(=O)c1ccc(Oc2ccccc2)cc1CN(CC(=O)N1CCOCC1)S(=O)(=O)c1ccc(C)cc1. The number of hydrogen-bond donors (Lipinski definition) is 0. The van der Waals surface area contributed by atoms with E-state index in [1.54, 1.807) is 41.3 Å². The van der Waals surface area contributed by atoms with Crippen LogP contribution in [0.2, 0.25) is 0 Å². The third-order valence-electron chi connectivity index (χ3n) is 6.14. The summed E-state index contributed by atoms with van der Waals surface area (Å²) in [6.45, 7) is 6.75. The van der Waals surface area contributed by atoms with Gasteiger partial charge < -0.3 is 19.1 Å². The van der Waals surface area contributed by atoms with E-state index in [2.05, 4.69) is 0 Å². The van der Waals surface area contributed by atoms with Crippen LogP contribution < -0.4 is 4.74 Å². The molecule has 10 heteroatoms. The molecule has 1 aliphatic rings. The van der Waals surface area contributed by atoms with Gasteiger partial charge in [-0.2, -0.15) is 4.31 Å². The molecule has 0 aliphatic carbocycles. The number of carbonyl (C=O) groups is 2. The van der Waals surface area contributed by atoms with E-state index in [4.69, 9.17) is 14.2 Å². The second kappa shape index (κ2) is 14.6. The van der Waals surface area contributed by atoms with Gasteiger partial charge in [-0.3, -0.25) is 4.79 Å². The van der Waals surface area contributed by atoms with Crippen LogP contribution in [-0.4, -0.2) is 69.5 Å². The van der Waals surface area contributed by atoms with E-state index in [0.717, 1.165) is 9.87 Å². The molecular weight excluding hydrogens is 532 g/mol. The average Bonchev–Trinajstić information content (AvgIpc) is 2.98. The number of aryl methyl sites for hydroxylation is 1. The maximum absolute atomic E-state index is 13.8. The van der Waals surface area contributed by atoms with Crippen LogP contribution in [0.15, 0.2) is 77.7 Å². The van der Waals surface area contributed by atoms with Crippen LogP contribution in [-0.2, 0) is 30.8 Å². The van der Waals surface area contributed by atoms with Crippen molar-refractivity contribution in [2.45, 2.75) is 32.2 Å². The number of benzene rings is 3. The molecule has 3 aromatic carbocycles. The predicted octanol–water partition coefficient (Wildman–Crippen LogP) is 4.65. The molecule has 0 aromatic heterocycles. The van der Waals surface area contributed by atoms with Crippen LogP contribution in [0.5, 0.6) is 11.5 Å². The molecule has 3 aromatic rings. The Hall–Kier alpha value is -3.73. The van der Waals surface area contributed by atoms with Crippen molar-refractivity contribution in [3.05, 3.63) is 89.5 Å². The Morgan fingerprint density at radius 1 is 0.925 bits per heavy atom. The molecular formula is C30H36N2O7S. The molecule has 0 spiro atoms. The Bertz CT molecular complexity index is 1370. The largest absolute Gasteiger partial charge is 0.465 e. The molecule has 9 nitrogen and oxygen atoms in total. The highest BCUT2D eigenvalue weighted by atomic mass is 32.2. The second-order valence-corrected chi connectivity index (χ2v) is 10.7. The number of rotatable bonds is 9. The molecule has 1 heterocycles. The van der Waals surface area contributed by atoms with E-state index in [-0.39, 0.29) is 22.9 Å². The van der Waals surface area contributed by atoms with Crippen molar-refractivity contribution in [2.24, 2.45) is 0 Å². The first-order chi connectivity index (χ1) is 19.3. The van der Waals surface area contributed by atoms with Crippen molar-refractivity contribution in [3.63, 3.8) is 0 Å². The third-order valence-corrected chi connectivity index (χ3v) is 7.95. The minimum Gasteiger partial charge on any atom is -0.465 e. The molecule has 0 saturated carbocycles. The molecule has 1 amide bonds. The van der Waals surface area contributed by atoms with Gasteiger partial charge in [0.15, 0.2) is 0 Å². The number of hydrogen-bond acceptors (Lipinski definition) is 7. The number of methoxy groups -OCH3 is 1. The van der Waals surface area contributed by atoms with Gasteiger partial charge in [0.05, 0.1) is 37.3 Å². The van der Waals surface area contributed by atoms with Gasteiger partial charge in [-0.05, 0) is 55.0 Å². The van der Waals surface area contributed by atoms with Gasteiger partial charge >= 0.3 is 5.97 Å². The quantitative estimate of drug-likeness (QED) is 0.346. The van der Waals surface area contributed by atoms with Gasteiger partial charge in [0.25, 0.3) is 0 Å². The predicted molar refractivity (Wildman–Crippen MR) is 152 cm³/mol. The van der Waals surface area contributed by atoms with Crippen molar-refractivity contribution in [3.8, 4) is 11.5 Å². The molecule has 0 atom stereocenters. The summed E-state index contributed by atoms with van der Waals surface area (Å²) >= 11 is 0. The fraction of sp³-hybridized carbons (Fsp3) is 0.333. The minimum absolute atomic E-state index is 0.0502. The second-order valence-electron chi connectivity index (χ2n) is 8.80. The molecule has 214 valence electrons. The summed E-state index contributed by atoms with van der Waals surface area (Å²) in [5, 5.41) is 0. The molecule has 1 aliphatic heterocycles. The van der Waals surface area contributed by atoms with Crippen molar-refractivity contribution in [1.82, 2.24) is 9.21 Å². The molecule has 0 unspecified atom stereocenters. The zero-order valence-corrected chi connectivity index (χ0v) is 24.1. The summed E-state index contributed by atoms with van der Waals surface area (Å²) in [6, 6.07) is 20.2. The molecule has 40 heavy (non-hydrogen) atoms. The van der Waals surface area contributed by atoms with Crippen molar-refractivity contribution in [2.75, 3.05) is 40.0 Å². The Balaban J connectivity index is 0.00000216. The summed E-state index contributed by atoms with van der Waals surface area (Å²) in [7, 11) is -2.86. The first kappa shape index (κ1) is 30.8. The van der Waals surface area contributed by atoms with E-state index in [0.29, 0.717) is 43.4 Å². The summed E-state index contributed by atoms with van der Waals surface area (Å²) in [5.74, 6) is 0.0145. The van der Waals surface area contributed by atoms with Gasteiger partial charge in [-0.1, -0.05) is 49.7 Å². The molecule has 1 fully saturated rings. The zero-order valence-electron chi connectivity index (χ0n) is 23.3. The first-order valence-electron chi connectivity index (χ1n) is 13.1. The number of amides is 1. The Morgan fingerprint density at radius 3 is 2.20 bits per heavy atom. The standard InChI is InChI=1S/C28H30N2O7S.C2H6/c1-21-8-11-25(12-9-21)38(33,34)30(20-27(31)29-14-16-36-17-15-29)19-22-18-24(10-13-26(22)28(32)35-2)37-23-6-4-3-5-7-23;1-2/h3-13,18H,14-17,19-20H2,1-2H3;1-2H3. The fourth-order valence-corrected chi connectivity index (χ4v) is 5.40. The number of ether oxygens (including phenoxy) is 3. The topological polar surface area (TPSA) is 102 Å². The summed E-state index contributed by atoms with van der Waals surface area (Å²) in [5.41, 5.74) is 1.42. The van der Waals surface area contributed by atoms with Crippen LogP contribution in [0.3, 0.4) is 0 Å². The zero-order chi connectivity index (χ0) is 29.1. The van der Waals surface area contributed by atoms with Gasteiger partial charge in [0.1, 0.15) is 11.5 Å². The monoisotopic (exact) mass is 568 g/mol. The van der Waals surface area contributed by atoms with Crippen LogP contribution in [0.1, 0.15) is 35.3 Å².